The van der Waals surface area contributed by atoms with Gasteiger partial charge in [0.05, 0.1) is 28.5 Å². The number of carbonyl (C=O) groups is 1. The van der Waals surface area contributed by atoms with Crippen molar-refractivity contribution in [2.75, 3.05) is 6.61 Å². The third-order valence-corrected chi connectivity index (χ3v) is 5.96. The number of rotatable bonds is 6. The average molecular weight is 386 g/mol. The summed E-state index contributed by atoms with van der Waals surface area (Å²) in [4.78, 5) is 15.4. The van der Waals surface area contributed by atoms with Crippen LogP contribution in [-0.2, 0) is 0 Å². The summed E-state index contributed by atoms with van der Waals surface area (Å²) in [6.07, 6.45) is 15.1. The number of aldehydes is 1. The Morgan fingerprint density at radius 2 is 2.00 bits per heavy atom. The Hall–Kier alpha value is -2.14. The molecule has 0 bridgehead atoms. The largest absolute Gasteiger partial charge is 0.487 e. The molecular weight excluding hydrogens is 362 g/mol. The highest BCUT2D eigenvalue weighted by Gasteiger charge is 2.24. The standard InChI is InChI=1S/C21H24ClN3O2/c22-19-11-23-12-21(18(19)13-26)27-14-15-5-1-4-8-17(15)20-9-10-24-25(20)16-6-2-3-7-16/h9-13,16H,1-8,14H2. The average Bonchev–Trinajstić information content (AvgIpc) is 3.38. The van der Waals surface area contributed by atoms with Crippen molar-refractivity contribution in [3.05, 3.63) is 46.5 Å². The van der Waals surface area contributed by atoms with Gasteiger partial charge < -0.3 is 4.74 Å². The van der Waals surface area contributed by atoms with E-state index in [0.29, 0.717) is 29.0 Å². The van der Waals surface area contributed by atoms with Gasteiger partial charge >= 0.3 is 0 Å². The fraction of sp³-hybridized carbons (Fsp3) is 0.476. The molecule has 0 aromatic carbocycles. The summed E-state index contributed by atoms with van der Waals surface area (Å²) in [6.45, 7) is 0.452. The Morgan fingerprint density at radius 1 is 1.19 bits per heavy atom. The van der Waals surface area contributed by atoms with Crippen LogP contribution in [0.4, 0.5) is 0 Å². The number of ether oxygens (including phenoxy) is 1. The normalized spacial score (nSPS) is 18.1. The molecule has 2 aliphatic carbocycles. The molecule has 2 heterocycles. The zero-order valence-corrected chi connectivity index (χ0v) is 16.1. The van der Waals surface area contributed by atoms with Gasteiger partial charge in [-0.25, -0.2) is 0 Å². The van der Waals surface area contributed by atoms with Crippen molar-refractivity contribution in [2.24, 2.45) is 0 Å². The van der Waals surface area contributed by atoms with Crippen molar-refractivity contribution in [3.63, 3.8) is 0 Å². The summed E-state index contributed by atoms with van der Waals surface area (Å²) in [7, 11) is 0. The SMILES string of the molecule is O=Cc1c(Cl)cncc1OCC1=C(c2ccnn2C2CCCC2)CCCC1. The first-order valence-corrected chi connectivity index (χ1v) is 10.1. The predicted molar refractivity (Wildman–Crippen MR) is 105 cm³/mol. The molecule has 27 heavy (non-hydrogen) atoms. The second-order valence-electron chi connectivity index (χ2n) is 7.33. The van der Waals surface area contributed by atoms with Crippen LogP contribution < -0.4 is 4.74 Å². The molecule has 6 heteroatoms. The third kappa shape index (κ3) is 3.79. The maximum Gasteiger partial charge on any atom is 0.155 e. The van der Waals surface area contributed by atoms with E-state index >= 15 is 0 Å². The van der Waals surface area contributed by atoms with Gasteiger partial charge in [0.15, 0.2) is 6.29 Å². The summed E-state index contributed by atoms with van der Waals surface area (Å²) in [5.74, 6) is 0.444. The van der Waals surface area contributed by atoms with E-state index in [1.807, 2.05) is 6.20 Å². The maximum atomic E-state index is 11.3. The predicted octanol–water partition coefficient (Wildman–Crippen LogP) is 5.27. The second kappa shape index (κ2) is 8.26. The minimum absolute atomic E-state index is 0.319. The van der Waals surface area contributed by atoms with Crippen LogP contribution in [0.5, 0.6) is 5.75 Å². The van der Waals surface area contributed by atoms with Crippen LogP contribution in [0.1, 0.15) is 73.5 Å². The van der Waals surface area contributed by atoms with Crippen LogP contribution in [0, 0.1) is 0 Å². The van der Waals surface area contributed by atoms with E-state index in [1.54, 1.807) is 6.20 Å². The van der Waals surface area contributed by atoms with Crippen molar-refractivity contribution in [1.29, 1.82) is 0 Å². The Morgan fingerprint density at radius 3 is 2.81 bits per heavy atom. The fourth-order valence-corrected chi connectivity index (χ4v) is 4.44. The molecule has 0 amide bonds. The molecule has 2 aliphatic rings. The molecule has 2 aromatic heterocycles. The quantitative estimate of drug-likeness (QED) is 0.636. The molecule has 1 fully saturated rings. The number of carbonyl (C=O) groups excluding carboxylic acids is 1. The number of allylic oxidation sites excluding steroid dienone is 1. The number of aromatic nitrogens is 3. The molecule has 4 rings (SSSR count). The molecule has 0 atom stereocenters. The molecule has 1 saturated carbocycles. The highest BCUT2D eigenvalue weighted by molar-refractivity contribution is 6.33. The van der Waals surface area contributed by atoms with E-state index in [0.717, 1.165) is 25.5 Å². The van der Waals surface area contributed by atoms with Crippen LogP contribution in [0.25, 0.3) is 5.57 Å². The fourth-order valence-electron chi connectivity index (χ4n) is 4.25. The first-order valence-electron chi connectivity index (χ1n) is 9.74. The van der Waals surface area contributed by atoms with Gasteiger partial charge in [-0.1, -0.05) is 24.4 Å². The molecule has 0 aliphatic heterocycles. The van der Waals surface area contributed by atoms with Crippen molar-refractivity contribution >= 4 is 23.5 Å². The van der Waals surface area contributed by atoms with Crippen LogP contribution in [0.3, 0.4) is 0 Å². The van der Waals surface area contributed by atoms with Gasteiger partial charge in [0.1, 0.15) is 12.4 Å². The summed E-state index contributed by atoms with van der Waals surface area (Å²) >= 11 is 6.06. The number of halogens is 1. The van der Waals surface area contributed by atoms with Gasteiger partial charge in [0.25, 0.3) is 0 Å². The lowest BCUT2D eigenvalue weighted by Gasteiger charge is -2.23. The molecule has 0 spiro atoms. The summed E-state index contributed by atoms with van der Waals surface area (Å²) in [5.41, 5.74) is 4.24. The van der Waals surface area contributed by atoms with E-state index < -0.39 is 0 Å². The van der Waals surface area contributed by atoms with Crippen molar-refractivity contribution in [3.8, 4) is 5.75 Å². The summed E-state index contributed by atoms with van der Waals surface area (Å²) in [5, 5.41) is 4.95. The topological polar surface area (TPSA) is 57.0 Å². The van der Waals surface area contributed by atoms with Crippen LogP contribution in [-0.4, -0.2) is 27.7 Å². The molecule has 0 unspecified atom stereocenters. The number of pyridine rings is 1. The highest BCUT2D eigenvalue weighted by atomic mass is 35.5. The Kier molecular flexibility index (Phi) is 5.58. The third-order valence-electron chi connectivity index (χ3n) is 5.65. The van der Waals surface area contributed by atoms with Crippen LogP contribution >= 0.6 is 11.6 Å². The van der Waals surface area contributed by atoms with Crippen molar-refractivity contribution < 1.29 is 9.53 Å². The number of hydrogen-bond acceptors (Lipinski definition) is 4. The smallest absolute Gasteiger partial charge is 0.155 e. The van der Waals surface area contributed by atoms with Crippen LogP contribution in [0.2, 0.25) is 5.02 Å². The molecule has 2 aromatic rings. The number of hydrogen-bond donors (Lipinski definition) is 0. The lowest BCUT2D eigenvalue weighted by Crippen LogP contribution is -2.14. The zero-order valence-electron chi connectivity index (χ0n) is 15.4. The van der Waals surface area contributed by atoms with E-state index in [4.69, 9.17) is 16.3 Å². The lowest BCUT2D eigenvalue weighted by atomic mass is 9.90. The zero-order chi connectivity index (χ0) is 18.6. The lowest BCUT2D eigenvalue weighted by molar-refractivity contribution is 0.112. The molecule has 0 saturated heterocycles. The first kappa shape index (κ1) is 18.2. The summed E-state index contributed by atoms with van der Waals surface area (Å²) < 4.78 is 8.20. The van der Waals surface area contributed by atoms with Crippen molar-refractivity contribution in [1.82, 2.24) is 14.8 Å². The van der Waals surface area contributed by atoms with Gasteiger partial charge in [-0.05, 0) is 55.7 Å². The summed E-state index contributed by atoms with van der Waals surface area (Å²) in [6, 6.07) is 2.65. The second-order valence-corrected chi connectivity index (χ2v) is 7.74. The first-order chi connectivity index (χ1) is 13.3. The van der Waals surface area contributed by atoms with Gasteiger partial charge in [0.2, 0.25) is 0 Å². The van der Waals surface area contributed by atoms with Crippen molar-refractivity contribution in [2.45, 2.75) is 57.4 Å². The van der Waals surface area contributed by atoms with Crippen LogP contribution in [0.15, 0.2) is 30.2 Å². The molecule has 0 radical (unpaired) electrons. The van der Waals surface area contributed by atoms with E-state index in [2.05, 4.69) is 20.8 Å². The number of nitrogens with zero attached hydrogens (tertiary/aromatic N) is 3. The van der Waals surface area contributed by atoms with E-state index in [1.165, 1.54) is 55.1 Å². The van der Waals surface area contributed by atoms with Gasteiger partial charge in [-0.2, -0.15) is 5.10 Å². The van der Waals surface area contributed by atoms with E-state index in [9.17, 15) is 4.79 Å². The van der Waals surface area contributed by atoms with Gasteiger partial charge in [-0.15, -0.1) is 0 Å². The Labute approximate surface area is 164 Å². The monoisotopic (exact) mass is 385 g/mol. The highest BCUT2D eigenvalue weighted by Crippen LogP contribution is 2.37. The molecule has 5 nitrogen and oxygen atoms in total. The minimum Gasteiger partial charge on any atom is -0.487 e. The Balaban J connectivity index is 1.61. The van der Waals surface area contributed by atoms with E-state index in [-0.39, 0.29) is 0 Å². The van der Waals surface area contributed by atoms with Gasteiger partial charge in [0, 0.05) is 12.4 Å². The minimum atomic E-state index is 0.319. The maximum absolute atomic E-state index is 11.3. The molecule has 142 valence electrons. The Bertz CT molecular complexity index is 853. The molecular formula is C21H24ClN3O2. The molecule has 0 N–H and O–H groups in total. The van der Waals surface area contributed by atoms with Gasteiger partial charge in [-0.3, -0.25) is 14.5 Å².